The second-order valence-corrected chi connectivity index (χ2v) is 8.04. The minimum Gasteiger partial charge on any atom is -0.352 e. The fraction of sp³-hybridized carbons (Fsp3) is 0.320. The molecular formula is C25H28FN3O4. The van der Waals surface area contributed by atoms with Crippen molar-refractivity contribution in [3.05, 3.63) is 71.0 Å². The molecule has 3 rings (SSSR count). The molecule has 0 aromatic heterocycles. The van der Waals surface area contributed by atoms with Crippen molar-refractivity contribution in [1.29, 1.82) is 0 Å². The zero-order valence-corrected chi connectivity index (χ0v) is 18.3. The van der Waals surface area contributed by atoms with E-state index in [4.69, 9.17) is 5.21 Å². The second-order valence-electron chi connectivity index (χ2n) is 8.04. The molecule has 8 heteroatoms. The maximum absolute atomic E-state index is 13.7. The summed E-state index contributed by atoms with van der Waals surface area (Å²) >= 11 is 0. The summed E-state index contributed by atoms with van der Waals surface area (Å²) in [6.45, 7) is 0.478. The highest BCUT2D eigenvalue weighted by atomic mass is 19.1. The molecule has 1 fully saturated rings. The van der Waals surface area contributed by atoms with Crippen LogP contribution >= 0.6 is 0 Å². The predicted molar refractivity (Wildman–Crippen MR) is 123 cm³/mol. The van der Waals surface area contributed by atoms with Crippen molar-refractivity contribution in [2.75, 3.05) is 6.54 Å². The molecule has 0 unspecified atom stereocenters. The molecule has 0 spiro atoms. The Morgan fingerprint density at radius 1 is 1.00 bits per heavy atom. The first-order valence-electron chi connectivity index (χ1n) is 11.1. The summed E-state index contributed by atoms with van der Waals surface area (Å²) in [6, 6.07) is 12.9. The molecule has 0 bridgehead atoms. The molecule has 7 nitrogen and oxygen atoms in total. The Bertz CT molecular complexity index is 1020. The van der Waals surface area contributed by atoms with Crippen molar-refractivity contribution >= 4 is 29.4 Å². The molecule has 1 aliphatic carbocycles. The summed E-state index contributed by atoms with van der Waals surface area (Å²) < 4.78 is 13.7. The monoisotopic (exact) mass is 453 g/mol. The molecule has 0 aliphatic heterocycles. The van der Waals surface area contributed by atoms with Crippen molar-refractivity contribution < 1.29 is 24.0 Å². The summed E-state index contributed by atoms with van der Waals surface area (Å²) in [5, 5.41) is 14.2. The van der Waals surface area contributed by atoms with Gasteiger partial charge >= 0.3 is 0 Å². The molecule has 0 atom stereocenters. The molecule has 0 saturated heterocycles. The minimum absolute atomic E-state index is 0.173. The first kappa shape index (κ1) is 24.1. The zero-order valence-electron chi connectivity index (χ0n) is 18.3. The van der Waals surface area contributed by atoms with Crippen LogP contribution in [-0.2, 0) is 9.59 Å². The van der Waals surface area contributed by atoms with Gasteiger partial charge in [0.2, 0.25) is 5.91 Å². The fourth-order valence-corrected chi connectivity index (χ4v) is 3.27. The SMILES string of the molecule is O=C(CCCCCNC(=O)c1ccc(/C=C(/C(=O)NC2CC2)c2cccc(F)c2)cc1)NO. The number of nitrogens with one attached hydrogen (secondary N) is 3. The molecule has 33 heavy (non-hydrogen) atoms. The minimum atomic E-state index is -0.418. The quantitative estimate of drug-likeness (QED) is 0.137. The lowest BCUT2D eigenvalue weighted by Gasteiger charge is -2.10. The van der Waals surface area contributed by atoms with Gasteiger partial charge in [0.25, 0.3) is 11.8 Å². The Morgan fingerprint density at radius 2 is 1.76 bits per heavy atom. The molecular weight excluding hydrogens is 425 g/mol. The number of unbranched alkanes of at least 4 members (excludes halogenated alkanes) is 2. The lowest BCUT2D eigenvalue weighted by molar-refractivity contribution is -0.129. The van der Waals surface area contributed by atoms with Crippen LogP contribution in [0.5, 0.6) is 0 Å². The van der Waals surface area contributed by atoms with Gasteiger partial charge in [-0.15, -0.1) is 0 Å². The summed E-state index contributed by atoms with van der Waals surface area (Å²) in [4.78, 5) is 36.0. The lowest BCUT2D eigenvalue weighted by Crippen LogP contribution is -2.26. The van der Waals surface area contributed by atoms with E-state index in [1.807, 2.05) is 0 Å². The van der Waals surface area contributed by atoms with Crippen LogP contribution in [0.15, 0.2) is 48.5 Å². The highest BCUT2D eigenvalue weighted by Gasteiger charge is 2.25. The van der Waals surface area contributed by atoms with Gasteiger partial charge in [0, 0.05) is 30.1 Å². The Labute approximate surface area is 192 Å². The highest BCUT2D eigenvalue weighted by Crippen LogP contribution is 2.24. The van der Waals surface area contributed by atoms with Crippen LogP contribution in [-0.4, -0.2) is 35.5 Å². The first-order valence-corrected chi connectivity index (χ1v) is 11.1. The largest absolute Gasteiger partial charge is 0.352 e. The Hall–Kier alpha value is -3.52. The van der Waals surface area contributed by atoms with Crippen LogP contribution in [0, 0.1) is 5.82 Å². The Balaban J connectivity index is 1.60. The van der Waals surface area contributed by atoms with Crippen molar-refractivity contribution in [1.82, 2.24) is 16.1 Å². The van der Waals surface area contributed by atoms with Gasteiger partial charge in [-0.2, -0.15) is 0 Å². The summed E-state index contributed by atoms with van der Waals surface area (Å²) in [5.41, 5.74) is 3.66. The molecule has 3 amide bonds. The van der Waals surface area contributed by atoms with Gasteiger partial charge in [0.1, 0.15) is 5.82 Å². The number of benzene rings is 2. The standard InChI is InChI=1S/C25H28FN3O4/c26-20-6-4-5-19(16-20)22(25(32)28-21-12-13-21)15-17-8-10-18(11-9-17)24(31)27-14-3-1-2-7-23(30)29-33/h4-6,8-11,15-16,21,33H,1-3,7,12-14H2,(H,27,31)(H,28,32)(H,29,30)/b22-15+. The fourth-order valence-electron chi connectivity index (χ4n) is 3.27. The summed E-state index contributed by atoms with van der Waals surface area (Å²) in [5.74, 6) is -1.29. The maximum Gasteiger partial charge on any atom is 0.252 e. The third-order valence-electron chi connectivity index (χ3n) is 5.27. The van der Waals surface area contributed by atoms with Gasteiger partial charge in [-0.1, -0.05) is 30.7 Å². The van der Waals surface area contributed by atoms with Crippen molar-refractivity contribution in [2.45, 2.75) is 44.6 Å². The molecule has 1 saturated carbocycles. The van der Waals surface area contributed by atoms with Gasteiger partial charge in [0.05, 0.1) is 0 Å². The molecule has 4 N–H and O–H groups in total. The lowest BCUT2D eigenvalue weighted by atomic mass is 10.0. The molecule has 0 heterocycles. The average molecular weight is 454 g/mol. The van der Waals surface area contributed by atoms with E-state index in [1.165, 1.54) is 12.1 Å². The highest BCUT2D eigenvalue weighted by molar-refractivity contribution is 6.24. The normalized spacial score (nSPS) is 13.3. The number of amides is 3. The summed E-state index contributed by atoms with van der Waals surface area (Å²) in [7, 11) is 0. The van der Waals surface area contributed by atoms with Crippen molar-refractivity contribution in [3.8, 4) is 0 Å². The molecule has 2 aromatic carbocycles. The van der Waals surface area contributed by atoms with Gasteiger partial charge < -0.3 is 10.6 Å². The van der Waals surface area contributed by atoms with Gasteiger partial charge in [-0.25, -0.2) is 9.87 Å². The van der Waals surface area contributed by atoms with Crippen LogP contribution in [0.2, 0.25) is 0 Å². The van der Waals surface area contributed by atoms with E-state index < -0.39 is 11.7 Å². The van der Waals surface area contributed by atoms with E-state index in [1.54, 1.807) is 48.0 Å². The maximum atomic E-state index is 13.7. The predicted octanol–water partition coefficient (Wildman–Crippen LogP) is 3.44. The van der Waals surface area contributed by atoms with E-state index in [9.17, 15) is 18.8 Å². The molecule has 174 valence electrons. The topological polar surface area (TPSA) is 108 Å². The molecule has 0 radical (unpaired) electrons. The van der Waals surface area contributed by atoms with E-state index >= 15 is 0 Å². The third kappa shape index (κ3) is 7.84. The van der Waals surface area contributed by atoms with Gasteiger partial charge in [-0.3, -0.25) is 19.6 Å². The molecule has 2 aromatic rings. The van der Waals surface area contributed by atoms with Gasteiger partial charge in [0.15, 0.2) is 0 Å². The van der Waals surface area contributed by atoms with Crippen LogP contribution in [0.4, 0.5) is 4.39 Å². The first-order chi connectivity index (χ1) is 16.0. The van der Waals surface area contributed by atoms with E-state index in [0.29, 0.717) is 29.7 Å². The number of hydrogen-bond donors (Lipinski definition) is 4. The Kier molecular flexibility index (Phi) is 8.71. The van der Waals surface area contributed by atoms with Crippen molar-refractivity contribution in [3.63, 3.8) is 0 Å². The van der Waals surface area contributed by atoms with Crippen molar-refractivity contribution in [2.24, 2.45) is 0 Å². The number of hydroxylamine groups is 1. The van der Waals surface area contributed by atoms with Crippen LogP contribution < -0.4 is 16.1 Å². The van der Waals surface area contributed by atoms with E-state index in [0.717, 1.165) is 31.2 Å². The molecule has 1 aliphatic rings. The smallest absolute Gasteiger partial charge is 0.252 e. The number of carbonyl (C=O) groups excluding carboxylic acids is 3. The van der Waals surface area contributed by atoms with Crippen LogP contribution in [0.1, 0.15) is 60.0 Å². The van der Waals surface area contributed by atoms with Crippen LogP contribution in [0.3, 0.4) is 0 Å². The summed E-state index contributed by atoms with van der Waals surface area (Å²) in [6.07, 6.45) is 5.94. The second kappa shape index (κ2) is 11.9. The van der Waals surface area contributed by atoms with Gasteiger partial charge in [-0.05, 0) is 67.2 Å². The number of hydrogen-bond acceptors (Lipinski definition) is 4. The van der Waals surface area contributed by atoms with Crippen LogP contribution in [0.25, 0.3) is 11.6 Å². The zero-order chi connectivity index (χ0) is 23.6. The number of halogens is 1. The third-order valence-corrected chi connectivity index (χ3v) is 5.27. The number of carbonyl (C=O) groups is 3. The van der Waals surface area contributed by atoms with E-state index in [-0.39, 0.29) is 24.3 Å². The average Bonchev–Trinajstić information content (AvgIpc) is 3.63. The Morgan fingerprint density at radius 3 is 2.42 bits per heavy atom. The van der Waals surface area contributed by atoms with E-state index in [2.05, 4.69) is 10.6 Å². The number of rotatable bonds is 11.